The van der Waals surface area contributed by atoms with Gasteiger partial charge in [0.15, 0.2) is 11.4 Å². The maximum Gasteiger partial charge on any atom is 0.204 e. The molecule has 244 valence electrons. The Labute approximate surface area is 310 Å². The molecule has 0 atom stereocenters. The van der Waals surface area contributed by atoms with E-state index in [1.165, 1.54) is 36.4 Å². The van der Waals surface area contributed by atoms with Crippen molar-refractivity contribution in [2.24, 2.45) is 4.99 Å². The summed E-state index contributed by atoms with van der Waals surface area (Å²) >= 11 is 0. The van der Waals surface area contributed by atoms with E-state index in [1.54, 1.807) is 42.7 Å². The molecule has 2 heterocycles. The second kappa shape index (κ2) is 13.8. The van der Waals surface area contributed by atoms with Crippen molar-refractivity contribution >= 4 is 56.3 Å². The lowest BCUT2D eigenvalue weighted by atomic mass is 9.87. The molecule has 0 unspecified atom stereocenters. The molecule has 10 nitrogen and oxygen atoms in total. The average Bonchev–Trinajstić information content (AvgIpc) is 3.72. The van der Waals surface area contributed by atoms with Gasteiger partial charge in [-0.05, 0) is 93.8 Å². The lowest BCUT2D eigenvalue weighted by molar-refractivity contribution is 1.06. The topological polar surface area (TPSA) is 138 Å². The van der Waals surface area contributed by atoms with E-state index in [2.05, 4.69) is 53.6 Å². The van der Waals surface area contributed by atoms with Gasteiger partial charge in [-0.25, -0.2) is 19.4 Å². The number of allylic oxidation sites excluding steroid dienone is 7. The van der Waals surface area contributed by atoms with E-state index in [0.717, 1.165) is 0 Å². The molecule has 4 aromatic rings. The fourth-order valence-electron chi connectivity index (χ4n) is 6.97. The number of aliphatic imine (C=N–C) groups is 1. The van der Waals surface area contributed by atoms with Crippen LogP contribution in [0.15, 0.2) is 95.8 Å². The number of hydrogen-bond donors (Lipinski definition) is 0. The second-order valence-electron chi connectivity index (χ2n) is 12.0. The summed E-state index contributed by atoms with van der Waals surface area (Å²) in [6.07, 6.45) is 6.24. The van der Waals surface area contributed by atoms with E-state index in [1.807, 2.05) is 6.08 Å². The van der Waals surface area contributed by atoms with Crippen LogP contribution in [0.1, 0.15) is 63.0 Å². The highest BCUT2D eigenvalue weighted by molar-refractivity contribution is 6.32. The Morgan fingerprint density at radius 2 is 1.39 bits per heavy atom. The Morgan fingerprint density at radius 1 is 0.685 bits per heavy atom. The molecule has 0 N–H and O–H groups in total. The minimum Gasteiger partial charge on any atom is -0.261 e. The molecule has 1 aromatic heterocycles. The quantitative estimate of drug-likeness (QED) is 0.155. The second-order valence-corrected chi connectivity index (χ2v) is 12.0. The first-order valence-corrected chi connectivity index (χ1v) is 16.1. The Bertz CT molecular complexity index is 2880. The van der Waals surface area contributed by atoms with Gasteiger partial charge in [-0.15, -0.1) is 0 Å². The molecule has 7 rings (SSSR count). The Hall–Kier alpha value is -8.90. The van der Waals surface area contributed by atoms with Crippen molar-refractivity contribution in [3.05, 3.63) is 187 Å². The number of benzene rings is 3. The molecule has 3 aliphatic rings. The summed E-state index contributed by atoms with van der Waals surface area (Å²) in [6.45, 7) is 32.2. The van der Waals surface area contributed by atoms with E-state index in [0.29, 0.717) is 79.9 Å². The van der Waals surface area contributed by atoms with Crippen molar-refractivity contribution in [2.45, 2.75) is 12.8 Å². The van der Waals surface area contributed by atoms with Crippen LogP contribution in [0.25, 0.3) is 58.6 Å². The first kappa shape index (κ1) is 33.6. The number of aromatic nitrogens is 1. The molecule has 1 aliphatic heterocycles. The first-order chi connectivity index (χ1) is 26.4. The molecule has 0 bridgehead atoms. The van der Waals surface area contributed by atoms with Crippen molar-refractivity contribution in [1.82, 2.24) is 4.98 Å². The third-order valence-corrected chi connectivity index (χ3v) is 9.15. The summed E-state index contributed by atoms with van der Waals surface area (Å²) in [5.41, 5.74) is 6.14. The minimum absolute atomic E-state index is 0.0844. The van der Waals surface area contributed by atoms with Gasteiger partial charge in [0, 0.05) is 29.3 Å². The van der Waals surface area contributed by atoms with E-state index >= 15 is 0 Å². The van der Waals surface area contributed by atoms with E-state index in [9.17, 15) is 21.0 Å². The van der Waals surface area contributed by atoms with Crippen LogP contribution < -0.4 is 0 Å². The highest BCUT2D eigenvalue weighted by atomic mass is 14.8. The van der Waals surface area contributed by atoms with Gasteiger partial charge >= 0.3 is 0 Å². The molecule has 0 spiro atoms. The number of hydrogen-bond acceptors (Lipinski definition) is 6. The van der Waals surface area contributed by atoms with Gasteiger partial charge < -0.3 is 0 Å². The summed E-state index contributed by atoms with van der Waals surface area (Å²) in [4.78, 5) is 24.1. The maximum absolute atomic E-state index is 10.9. The molecule has 0 radical (unpaired) electrons. The monoisotopic (exact) mass is 686 g/mol. The molecular formula is C44H18N10. The Balaban J connectivity index is 1.65. The number of nitrogens with zero attached hydrogens (tertiary/aromatic N) is 10. The predicted molar refractivity (Wildman–Crippen MR) is 203 cm³/mol. The van der Waals surface area contributed by atoms with Gasteiger partial charge in [0.2, 0.25) is 11.4 Å². The van der Waals surface area contributed by atoms with Gasteiger partial charge in [0.25, 0.3) is 0 Å². The van der Waals surface area contributed by atoms with E-state index in [4.69, 9.17) is 26.3 Å². The van der Waals surface area contributed by atoms with Crippen molar-refractivity contribution < 1.29 is 0 Å². The summed E-state index contributed by atoms with van der Waals surface area (Å²) in [6, 6.07) is 26.4. The summed E-state index contributed by atoms with van der Waals surface area (Å²) in [5, 5.41) is 41.3. The van der Waals surface area contributed by atoms with Gasteiger partial charge in [-0.2, -0.15) is 21.0 Å². The SMILES string of the molecule is [C-]#[N+]C1=C(c2ccccn2)/C(=C(/C#N)c2cc([N+]#[C-])cc([N+]#[C-])c2)c2cc3c(cc21)C(C#N)=C(C1=NC=CCC1)/C3=C(/[N+]#[C-])c1cc(C#N)cc(C#N)c1. The molecule has 3 aromatic carbocycles. The number of fused-ring (bicyclic) bond motifs is 2. The smallest absolute Gasteiger partial charge is 0.204 e. The van der Waals surface area contributed by atoms with Gasteiger partial charge in [-0.3, -0.25) is 9.98 Å². The molecule has 54 heavy (non-hydrogen) atoms. The molecule has 0 amide bonds. The van der Waals surface area contributed by atoms with Crippen LogP contribution in [0.2, 0.25) is 0 Å². The first-order valence-electron chi connectivity index (χ1n) is 16.1. The minimum atomic E-state index is 0.0844. The number of rotatable bonds is 4. The summed E-state index contributed by atoms with van der Waals surface area (Å²) in [7, 11) is 0. The zero-order valence-corrected chi connectivity index (χ0v) is 28.0. The van der Waals surface area contributed by atoms with Crippen molar-refractivity contribution in [1.29, 1.82) is 21.0 Å². The fraction of sp³-hybridized carbons (Fsp3) is 0.0455. The molecular weight excluding hydrogens is 669 g/mol. The predicted octanol–water partition coefficient (Wildman–Crippen LogP) is 9.99. The van der Waals surface area contributed by atoms with Gasteiger partial charge in [0.05, 0.1) is 66.4 Å². The lowest BCUT2D eigenvalue weighted by Gasteiger charge is -2.17. The third kappa shape index (κ3) is 5.39. The van der Waals surface area contributed by atoms with Crippen LogP contribution in [-0.2, 0) is 0 Å². The maximum atomic E-state index is 10.9. The largest absolute Gasteiger partial charge is 0.261 e. The molecule has 0 saturated carbocycles. The van der Waals surface area contributed by atoms with Crippen molar-refractivity contribution in [3.8, 4) is 24.3 Å². The number of nitriles is 4. The van der Waals surface area contributed by atoms with Crippen molar-refractivity contribution in [3.63, 3.8) is 0 Å². The molecule has 10 heteroatoms. The van der Waals surface area contributed by atoms with Crippen LogP contribution in [-0.4, -0.2) is 10.7 Å². The highest BCUT2D eigenvalue weighted by Crippen LogP contribution is 2.55. The average molecular weight is 687 g/mol. The molecule has 0 fully saturated rings. The van der Waals surface area contributed by atoms with E-state index < -0.39 is 0 Å². The highest BCUT2D eigenvalue weighted by Gasteiger charge is 2.38. The lowest BCUT2D eigenvalue weighted by Crippen LogP contribution is -2.07. The zero-order chi connectivity index (χ0) is 37.9. The van der Waals surface area contributed by atoms with Gasteiger partial charge in [0.1, 0.15) is 12.1 Å². The number of pyridine rings is 1. The Kier molecular flexibility index (Phi) is 8.57. The van der Waals surface area contributed by atoms with Crippen LogP contribution in [0.3, 0.4) is 0 Å². The van der Waals surface area contributed by atoms with Crippen LogP contribution in [0.4, 0.5) is 11.4 Å². The van der Waals surface area contributed by atoms with Crippen LogP contribution in [0, 0.1) is 71.6 Å². The van der Waals surface area contributed by atoms with Crippen molar-refractivity contribution in [2.75, 3.05) is 0 Å². The fourth-order valence-corrected chi connectivity index (χ4v) is 6.97. The third-order valence-electron chi connectivity index (χ3n) is 9.15. The standard InChI is InChI=1S/C44H18N10/c1-49-29-16-27(17-30(18-29)50-2)35(23-47)39-33-20-32-31(19-34(33)44(52-4)42(39)38-10-6-8-12-54-38)36(24-48)40(37-9-5-7-11-53-37)41(32)43(51-3)28-14-25(21-45)13-26(15-28)22-46/h6-8,10-20H,5,9H2/b39-35-,43-41+. The van der Waals surface area contributed by atoms with Gasteiger partial charge in [-0.1, -0.05) is 36.4 Å². The van der Waals surface area contributed by atoms with Crippen LogP contribution >= 0.6 is 0 Å². The van der Waals surface area contributed by atoms with E-state index in [-0.39, 0.29) is 45.0 Å². The Morgan fingerprint density at radius 3 is 1.94 bits per heavy atom. The molecule has 0 saturated heterocycles. The normalized spacial score (nSPS) is 15.4. The van der Waals surface area contributed by atoms with Crippen LogP contribution in [0.5, 0.6) is 0 Å². The summed E-state index contributed by atoms with van der Waals surface area (Å²) < 4.78 is 0. The summed E-state index contributed by atoms with van der Waals surface area (Å²) in [5.74, 6) is 0. The zero-order valence-electron chi connectivity index (χ0n) is 28.0. The molecule has 2 aliphatic carbocycles.